The van der Waals surface area contributed by atoms with E-state index in [9.17, 15) is 4.79 Å². The molecule has 0 bridgehead atoms. The van der Waals surface area contributed by atoms with Gasteiger partial charge in [-0.05, 0) is 41.3 Å². The van der Waals surface area contributed by atoms with Gasteiger partial charge in [0.2, 0.25) is 5.75 Å². The Labute approximate surface area is 142 Å². The minimum atomic E-state index is -0.241. The summed E-state index contributed by atoms with van der Waals surface area (Å²) in [5.41, 5.74) is 9.39. The Morgan fingerprint density at radius 1 is 1.21 bits per heavy atom. The van der Waals surface area contributed by atoms with E-state index in [1.807, 2.05) is 0 Å². The quantitative estimate of drug-likeness (QED) is 0.241. The number of nitrogens with zero attached hydrogens (tertiary/aromatic N) is 3. The molecule has 24 heavy (non-hydrogen) atoms. The monoisotopic (exact) mass is 345 g/mol. The molecule has 0 amide bonds. The molecule has 0 aliphatic heterocycles. The van der Waals surface area contributed by atoms with Crippen LogP contribution in [0.5, 0.6) is 17.2 Å². The topological polar surface area (TPSA) is 93.5 Å². The maximum atomic E-state index is 12.4. The van der Waals surface area contributed by atoms with E-state index >= 15 is 0 Å². The Morgan fingerprint density at radius 2 is 1.88 bits per heavy atom. The van der Waals surface area contributed by atoms with Crippen LogP contribution < -0.4 is 14.2 Å². The van der Waals surface area contributed by atoms with Crippen LogP contribution in [0, 0.1) is 0 Å². The molecular formula is C16H15N3O4S. The Bertz CT molecular complexity index is 797. The Kier molecular flexibility index (Phi) is 5.83. The molecule has 1 aromatic carbocycles. The SMILES string of the molecule is COc1cc(C(=O)C=Cc2sccc2N=[N+]=[N-])cc(OC)c1OC. The summed E-state index contributed by atoms with van der Waals surface area (Å²) in [5.74, 6) is 0.984. The first kappa shape index (κ1) is 17.4. The number of hydrogen-bond donors (Lipinski definition) is 0. The van der Waals surface area contributed by atoms with E-state index in [-0.39, 0.29) is 5.78 Å². The molecule has 1 aromatic heterocycles. The van der Waals surface area contributed by atoms with Crippen LogP contribution in [0.15, 0.2) is 34.8 Å². The van der Waals surface area contributed by atoms with Crippen LogP contribution in [-0.2, 0) is 0 Å². The van der Waals surface area contributed by atoms with Crippen molar-refractivity contribution in [3.05, 3.63) is 50.5 Å². The summed E-state index contributed by atoms with van der Waals surface area (Å²) in [6, 6.07) is 4.85. The predicted molar refractivity (Wildman–Crippen MR) is 92.6 cm³/mol. The smallest absolute Gasteiger partial charge is 0.203 e. The number of rotatable bonds is 7. The van der Waals surface area contributed by atoms with Crippen LogP contribution in [0.3, 0.4) is 0 Å². The zero-order valence-corrected chi connectivity index (χ0v) is 14.2. The van der Waals surface area contributed by atoms with E-state index in [0.717, 1.165) is 0 Å². The molecule has 0 aliphatic carbocycles. The molecule has 0 saturated carbocycles. The van der Waals surface area contributed by atoms with Gasteiger partial charge in [0.05, 0.1) is 27.0 Å². The summed E-state index contributed by atoms with van der Waals surface area (Å²) in [4.78, 5) is 15.9. The maximum Gasteiger partial charge on any atom is 0.203 e. The highest BCUT2D eigenvalue weighted by molar-refractivity contribution is 7.11. The third kappa shape index (κ3) is 3.68. The number of carbonyl (C=O) groups excluding carboxylic acids is 1. The number of hydrogen-bond acceptors (Lipinski definition) is 6. The van der Waals surface area contributed by atoms with Crippen molar-refractivity contribution in [3.8, 4) is 17.2 Å². The van der Waals surface area contributed by atoms with E-state index in [1.54, 1.807) is 29.7 Å². The van der Waals surface area contributed by atoms with Crippen LogP contribution in [0.2, 0.25) is 0 Å². The number of benzene rings is 1. The van der Waals surface area contributed by atoms with E-state index in [2.05, 4.69) is 10.0 Å². The predicted octanol–water partition coefficient (Wildman–Crippen LogP) is 4.61. The zero-order valence-electron chi connectivity index (χ0n) is 13.3. The van der Waals surface area contributed by atoms with Gasteiger partial charge in [0.15, 0.2) is 17.3 Å². The summed E-state index contributed by atoms with van der Waals surface area (Å²) < 4.78 is 15.7. The van der Waals surface area contributed by atoms with Crippen molar-refractivity contribution in [1.29, 1.82) is 0 Å². The first-order chi connectivity index (χ1) is 11.6. The molecule has 0 aliphatic rings. The fraction of sp³-hybridized carbons (Fsp3) is 0.188. The average molecular weight is 345 g/mol. The van der Waals surface area contributed by atoms with Gasteiger partial charge in [-0.3, -0.25) is 4.79 Å². The second kappa shape index (κ2) is 8.05. The minimum absolute atomic E-state index is 0.241. The van der Waals surface area contributed by atoms with E-state index < -0.39 is 0 Å². The van der Waals surface area contributed by atoms with Gasteiger partial charge in [-0.25, -0.2) is 0 Å². The molecule has 0 radical (unpaired) electrons. The molecule has 7 nitrogen and oxygen atoms in total. The largest absolute Gasteiger partial charge is 0.493 e. The minimum Gasteiger partial charge on any atom is -0.493 e. The van der Waals surface area contributed by atoms with Gasteiger partial charge in [-0.1, -0.05) is 5.11 Å². The highest BCUT2D eigenvalue weighted by Crippen LogP contribution is 2.38. The molecule has 2 rings (SSSR count). The molecule has 0 spiro atoms. The van der Waals surface area contributed by atoms with Crippen molar-refractivity contribution in [1.82, 2.24) is 0 Å². The van der Waals surface area contributed by atoms with E-state index in [1.165, 1.54) is 38.7 Å². The average Bonchev–Trinajstić information content (AvgIpc) is 3.05. The number of azide groups is 1. The van der Waals surface area contributed by atoms with Gasteiger partial charge < -0.3 is 14.2 Å². The van der Waals surface area contributed by atoms with Gasteiger partial charge in [0, 0.05) is 15.4 Å². The highest BCUT2D eigenvalue weighted by Gasteiger charge is 2.15. The van der Waals surface area contributed by atoms with Gasteiger partial charge in [-0.2, -0.15) is 0 Å². The lowest BCUT2D eigenvalue weighted by Gasteiger charge is -2.13. The maximum absolute atomic E-state index is 12.4. The third-order valence-corrected chi connectivity index (χ3v) is 4.03. The van der Waals surface area contributed by atoms with Crippen LogP contribution in [0.4, 0.5) is 5.69 Å². The fourth-order valence-electron chi connectivity index (χ4n) is 2.04. The van der Waals surface area contributed by atoms with Gasteiger partial charge >= 0.3 is 0 Å². The second-order valence-electron chi connectivity index (χ2n) is 4.47. The van der Waals surface area contributed by atoms with Crippen LogP contribution in [0.25, 0.3) is 16.5 Å². The fourth-order valence-corrected chi connectivity index (χ4v) is 2.76. The number of ether oxygens (including phenoxy) is 3. The van der Waals surface area contributed by atoms with Crippen molar-refractivity contribution in [2.45, 2.75) is 0 Å². The molecule has 124 valence electrons. The molecular weight excluding hydrogens is 330 g/mol. The number of allylic oxidation sites excluding steroid dienone is 1. The summed E-state index contributed by atoms with van der Waals surface area (Å²) in [7, 11) is 4.47. The molecule has 0 unspecified atom stereocenters. The summed E-state index contributed by atoms with van der Waals surface area (Å²) in [6.45, 7) is 0. The third-order valence-electron chi connectivity index (χ3n) is 3.16. The van der Waals surface area contributed by atoms with Gasteiger partial charge in [0.1, 0.15) is 0 Å². The summed E-state index contributed by atoms with van der Waals surface area (Å²) in [5, 5.41) is 5.35. The lowest BCUT2D eigenvalue weighted by Crippen LogP contribution is -2.00. The first-order valence-electron chi connectivity index (χ1n) is 6.79. The lowest BCUT2D eigenvalue weighted by molar-refractivity contribution is 0.104. The Hall–Kier alpha value is -2.96. The summed E-state index contributed by atoms with van der Waals surface area (Å²) in [6.07, 6.45) is 3.02. The van der Waals surface area contributed by atoms with Crippen molar-refractivity contribution < 1.29 is 19.0 Å². The van der Waals surface area contributed by atoms with Gasteiger partial charge in [0.25, 0.3) is 0 Å². The van der Waals surface area contributed by atoms with Crippen LogP contribution in [-0.4, -0.2) is 27.1 Å². The van der Waals surface area contributed by atoms with Crippen LogP contribution >= 0.6 is 11.3 Å². The van der Waals surface area contributed by atoms with Crippen molar-refractivity contribution >= 4 is 28.9 Å². The molecule has 0 fully saturated rings. The number of thiophene rings is 1. The van der Waals surface area contributed by atoms with E-state index in [0.29, 0.717) is 33.4 Å². The van der Waals surface area contributed by atoms with Crippen molar-refractivity contribution in [2.24, 2.45) is 5.11 Å². The van der Waals surface area contributed by atoms with Gasteiger partial charge in [-0.15, -0.1) is 11.3 Å². The Morgan fingerprint density at radius 3 is 2.42 bits per heavy atom. The normalized spacial score (nSPS) is 10.3. The standard InChI is InChI=1S/C16H15N3O4S/c1-21-13-8-10(9-14(22-2)16(13)23-3)12(20)4-5-15-11(18-19-17)6-7-24-15/h4-9H,1-3H3. The second-order valence-corrected chi connectivity index (χ2v) is 5.42. The van der Waals surface area contributed by atoms with Crippen molar-refractivity contribution in [2.75, 3.05) is 21.3 Å². The van der Waals surface area contributed by atoms with Crippen LogP contribution in [0.1, 0.15) is 15.2 Å². The Balaban J connectivity index is 2.34. The zero-order chi connectivity index (χ0) is 17.5. The van der Waals surface area contributed by atoms with Crippen molar-refractivity contribution in [3.63, 3.8) is 0 Å². The molecule has 0 N–H and O–H groups in total. The first-order valence-corrected chi connectivity index (χ1v) is 7.67. The summed E-state index contributed by atoms with van der Waals surface area (Å²) >= 11 is 1.37. The molecule has 1 heterocycles. The number of ketones is 1. The molecule has 0 atom stereocenters. The number of methoxy groups -OCH3 is 3. The lowest BCUT2D eigenvalue weighted by atomic mass is 10.1. The number of carbonyl (C=O) groups is 1. The molecule has 8 heteroatoms. The molecule has 0 saturated heterocycles. The van der Waals surface area contributed by atoms with E-state index in [4.69, 9.17) is 19.7 Å². The molecule has 2 aromatic rings. The highest BCUT2D eigenvalue weighted by atomic mass is 32.1.